The van der Waals surface area contributed by atoms with Crippen LogP contribution in [0.1, 0.15) is 43.0 Å². The predicted molar refractivity (Wildman–Crippen MR) is 177 cm³/mol. The van der Waals surface area contributed by atoms with Gasteiger partial charge in [0.2, 0.25) is 10.3 Å². The molecule has 2 aromatic carbocycles. The fraction of sp³-hybridized carbons (Fsp3) is 0.355. The lowest BCUT2D eigenvalue weighted by atomic mass is 10.2. The van der Waals surface area contributed by atoms with E-state index in [0.717, 1.165) is 11.1 Å². The zero-order chi connectivity index (χ0) is 32.8. The summed E-state index contributed by atoms with van der Waals surface area (Å²) in [5, 5.41) is 27.7. The molecule has 0 spiro atoms. The topological polar surface area (TPSA) is 157 Å². The molecule has 0 saturated heterocycles. The molecule has 0 unspecified atom stereocenters. The van der Waals surface area contributed by atoms with Gasteiger partial charge in [-0.3, -0.25) is 9.59 Å². The summed E-state index contributed by atoms with van der Waals surface area (Å²) in [5.41, 5.74) is 1.50. The summed E-state index contributed by atoms with van der Waals surface area (Å²) < 4.78 is 25.5. The molecule has 246 valence electrons. The van der Waals surface area contributed by atoms with E-state index in [9.17, 15) is 9.59 Å². The number of carbonyl (C=O) groups is 2. The first-order valence-corrected chi connectivity index (χ1v) is 17.0. The third kappa shape index (κ3) is 9.42. The molecule has 3 heterocycles. The fourth-order valence-electron chi connectivity index (χ4n) is 4.35. The SMILES string of the molecule is CCOC(=O)CSc1nnc2n1/N=C/c1ccccc1OCCOc1ccccc1/C=N/n1c(nnc1SCC(=O)OCC)CCC2. The van der Waals surface area contributed by atoms with Gasteiger partial charge >= 0.3 is 11.9 Å². The van der Waals surface area contributed by atoms with Gasteiger partial charge < -0.3 is 18.9 Å². The molecule has 0 amide bonds. The molecule has 14 nitrogen and oxygen atoms in total. The minimum atomic E-state index is -0.352. The minimum Gasteiger partial charge on any atom is -0.489 e. The van der Waals surface area contributed by atoms with Crippen LogP contribution >= 0.6 is 23.5 Å². The Labute approximate surface area is 279 Å². The van der Waals surface area contributed by atoms with Gasteiger partial charge in [-0.1, -0.05) is 47.8 Å². The molecular weight excluding hydrogens is 645 g/mol. The Balaban J connectivity index is 1.46. The van der Waals surface area contributed by atoms with E-state index in [1.165, 1.54) is 23.5 Å². The number of thioether (sulfide) groups is 2. The molecule has 1 aliphatic rings. The van der Waals surface area contributed by atoms with Crippen molar-refractivity contribution in [1.29, 1.82) is 0 Å². The molecule has 0 bridgehead atoms. The maximum Gasteiger partial charge on any atom is 0.316 e. The quantitative estimate of drug-likeness (QED) is 0.196. The molecule has 0 fully saturated rings. The first-order valence-electron chi connectivity index (χ1n) is 15.0. The molecule has 0 atom stereocenters. The summed E-state index contributed by atoms with van der Waals surface area (Å²) in [5.74, 6) is 1.88. The number of aryl methyl sites for hydroxylation is 2. The maximum absolute atomic E-state index is 12.1. The Kier molecular flexibility index (Phi) is 12.4. The van der Waals surface area contributed by atoms with Crippen LogP contribution in [0.4, 0.5) is 0 Å². The number of esters is 2. The Morgan fingerprint density at radius 2 is 1.15 bits per heavy atom. The molecule has 4 aromatic rings. The van der Waals surface area contributed by atoms with E-state index < -0.39 is 0 Å². The zero-order valence-corrected chi connectivity index (χ0v) is 27.6. The lowest BCUT2D eigenvalue weighted by molar-refractivity contribution is -0.140. The van der Waals surface area contributed by atoms with Gasteiger partial charge in [0.05, 0.1) is 37.1 Å². The zero-order valence-electron chi connectivity index (χ0n) is 26.0. The largest absolute Gasteiger partial charge is 0.489 e. The Morgan fingerprint density at radius 3 is 1.60 bits per heavy atom. The van der Waals surface area contributed by atoms with Crippen LogP contribution in [-0.4, -0.2) is 92.0 Å². The molecule has 47 heavy (non-hydrogen) atoms. The average molecular weight is 679 g/mol. The summed E-state index contributed by atoms with van der Waals surface area (Å²) in [4.78, 5) is 24.1. The number of nitrogens with zero attached hydrogens (tertiary/aromatic N) is 8. The molecule has 0 radical (unpaired) electrons. The van der Waals surface area contributed by atoms with Crippen molar-refractivity contribution in [3.05, 3.63) is 71.3 Å². The van der Waals surface area contributed by atoms with Crippen LogP contribution in [0.15, 0.2) is 69.0 Å². The number of aromatic nitrogens is 6. The van der Waals surface area contributed by atoms with Crippen molar-refractivity contribution in [3.63, 3.8) is 0 Å². The molecule has 5 rings (SSSR count). The van der Waals surface area contributed by atoms with E-state index in [1.54, 1.807) is 35.6 Å². The summed E-state index contributed by atoms with van der Waals surface area (Å²) >= 11 is 2.39. The van der Waals surface area contributed by atoms with E-state index in [0.29, 0.717) is 65.9 Å². The Morgan fingerprint density at radius 1 is 0.702 bits per heavy atom. The van der Waals surface area contributed by atoms with Gasteiger partial charge in [0.25, 0.3) is 0 Å². The molecule has 0 aliphatic carbocycles. The minimum absolute atomic E-state index is 0.0664. The third-order valence-corrected chi connectivity index (χ3v) is 8.25. The number of ether oxygens (including phenoxy) is 4. The maximum atomic E-state index is 12.1. The summed E-state index contributed by atoms with van der Waals surface area (Å²) in [6.45, 7) is 4.66. The third-order valence-electron chi connectivity index (χ3n) is 6.46. The van der Waals surface area contributed by atoms with Crippen LogP contribution < -0.4 is 9.47 Å². The van der Waals surface area contributed by atoms with Crippen LogP contribution in [0.5, 0.6) is 11.5 Å². The van der Waals surface area contributed by atoms with E-state index in [-0.39, 0.29) is 36.7 Å². The molecule has 1 aliphatic heterocycles. The average Bonchev–Trinajstić information content (AvgIpc) is 3.66. The number of fused-ring (bicyclic) bond motifs is 4. The van der Waals surface area contributed by atoms with Crippen LogP contribution in [0.25, 0.3) is 0 Å². The summed E-state index contributed by atoms with van der Waals surface area (Å²) in [6, 6.07) is 15.1. The molecular formula is C31H34N8O6S2. The highest BCUT2D eigenvalue weighted by molar-refractivity contribution is 8.00. The van der Waals surface area contributed by atoms with E-state index in [2.05, 4.69) is 20.4 Å². The smallest absolute Gasteiger partial charge is 0.316 e. The second-order valence-corrected chi connectivity index (χ2v) is 11.6. The highest BCUT2D eigenvalue weighted by Crippen LogP contribution is 2.23. The van der Waals surface area contributed by atoms with Crippen LogP contribution in [0, 0.1) is 0 Å². The van der Waals surface area contributed by atoms with E-state index in [1.807, 2.05) is 48.5 Å². The van der Waals surface area contributed by atoms with Crippen molar-refractivity contribution in [3.8, 4) is 11.5 Å². The van der Waals surface area contributed by atoms with Crippen LogP contribution in [-0.2, 0) is 31.9 Å². The van der Waals surface area contributed by atoms with Gasteiger partial charge in [-0.25, -0.2) is 0 Å². The monoisotopic (exact) mass is 678 g/mol. The van der Waals surface area contributed by atoms with Gasteiger partial charge in [0.1, 0.15) is 24.7 Å². The second-order valence-electron chi connectivity index (χ2n) is 9.72. The van der Waals surface area contributed by atoms with Crippen molar-refractivity contribution in [1.82, 2.24) is 29.7 Å². The van der Waals surface area contributed by atoms with Gasteiger partial charge in [0.15, 0.2) is 11.6 Å². The number of hydrogen-bond acceptors (Lipinski definition) is 14. The standard InChI is InChI=1S/C31H34N8O6S2/c1-3-42-28(40)20-46-30-36-34-26-14-9-15-27-35-37-31(47-21-29(41)43-4-2)39(27)33-19-23-11-6-8-13-25(23)45-17-16-44-24-12-7-5-10-22(24)18-32-38(26)30/h5-8,10-13,18-19H,3-4,9,14-17,20-21H2,1-2H3/b32-18+,33-19+. The first kappa shape index (κ1) is 33.7. The number of carbonyl (C=O) groups excluding carboxylic acids is 2. The molecule has 16 heteroatoms. The van der Waals surface area contributed by atoms with Gasteiger partial charge in [-0.05, 0) is 44.5 Å². The van der Waals surface area contributed by atoms with Crippen LogP contribution in [0.3, 0.4) is 0 Å². The summed E-state index contributed by atoms with van der Waals surface area (Å²) in [7, 11) is 0. The number of para-hydroxylation sites is 2. The molecule has 0 N–H and O–H groups in total. The van der Waals surface area contributed by atoms with Crippen molar-refractivity contribution < 1.29 is 28.5 Å². The van der Waals surface area contributed by atoms with Crippen molar-refractivity contribution in [2.45, 2.75) is 43.4 Å². The fourth-order valence-corrected chi connectivity index (χ4v) is 5.76. The van der Waals surface area contributed by atoms with Gasteiger partial charge in [-0.15, -0.1) is 20.4 Å². The first-order chi connectivity index (χ1) is 23.1. The lowest BCUT2D eigenvalue weighted by Crippen LogP contribution is -2.11. The lowest BCUT2D eigenvalue weighted by Gasteiger charge is -2.12. The van der Waals surface area contributed by atoms with Crippen molar-refractivity contribution in [2.75, 3.05) is 37.9 Å². The number of rotatable bonds is 8. The van der Waals surface area contributed by atoms with Gasteiger partial charge in [-0.2, -0.15) is 19.6 Å². The molecule has 2 aromatic heterocycles. The second kappa shape index (κ2) is 17.3. The van der Waals surface area contributed by atoms with Gasteiger partial charge in [0, 0.05) is 24.0 Å². The highest BCUT2D eigenvalue weighted by Gasteiger charge is 2.18. The summed E-state index contributed by atoms with van der Waals surface area (Å²) in [6.07, 6.45) is 4.94. The number of hydrogen-bond donors (Lipinski definition) is 0. The Hall–Kier alpha value is -4.70. The highest BCUT2D eigenvalue weighted by atomic mass is 32.2. The van der Waals surface area contributed by atoms with E-state index >= 15 is 0 Å². The predicted octanol–water partition coefficient (Wildman–Crippen LogP) is 3.89. The van der Waals surface area contributed by atoms with E-state index in [4.69, 9.17) is 29.2 Å². The molecule has 0 saturated carbocycles. The van der Waals surface area contributed by atoms with Crippen molar-refractivity contribution in [2.24, 2.45) is 10.2 Å². The van der Waals surface area contributed by atoms with Crippen molar-refractivity contribution >= 4 is 47.9 Å². The van der Waals surface area contributed by atoms with Crippen LogP contribution in [0.2, 0.25) is 0 Å². The Bertz CT molecular complexity index is 1600. The normalized spacial score (nSPS) is 14.7. The number of benzene rings is 2.